The van der Waals surface area contributed by atoms with E-state index in [1.54, 1.807) is 0 Å². The first-order valence-electron chi connectivity index (χ1n) is 3.27. The van der Waals surface area contributed by atoms with E-state index in [0.717, 1.165) is 0 Å². The largest absolute Gasteiger partial charge is 0.502 e. The molecular weight excluding hydrogens is 242 g/mol. The first-order valence-corrected chi connectivity index (χ1v) is 4.06. The van der Waals surface area contributed by atoms with Crippen molar-refractivity contribution in [2.45, 2.75) is 0 Å². The van der Waals surface area contributed by atoms with E-state index in [1.165, 1.54) is 19.2 Å². The van der Waals surface area contributed by atoms with Gasteiger partial charge in [0.1, 0.15) is 0 Å². The van der Waals surface area contributed by atoms with Gasteiger partial charge in [-0.3, -0.25) is 10.1 Å². The number of ether oxygens (including phenoxy) is 1. The first-order chi connectivity index (χ1) is 6.06. The number of hydrogen-bond donors (Lipinski definition) is 1. The van der Waals surface area contributed by atoms with Crippen LogP contribution < -0.4 is 4.74 Å². The van der Waals surface area contributed by atoms with Crippen LogP contribution in [0.15, 0.2) is 16.6 Å². The van der Waals surface area contributed by atoms with Crippen molar-refractivity contribution in [3.63, 3.8) is 0 Å². The quantitative estimate of drug-likeness (QED) is 0.642. The van der Waals surface area contributed by atoms with Gasteiger partial charge in [0, 0.05) is 16.6 Å². The van der Waals surface area contributed by atoms with Gasteiger partial charge in [-0.25, -0.2) is 0 Å². The minimum atomic E-state index is -0.694. The topological polar surface area (TPSA) is 72.6 Å². The minimum Gasteiger partial charge on any atom is -0.502 e. The molecule has 0 bridgehead atoms. The SMILES string of the molecule is COc1cc(Br)cc(O)c1[N+](=O)[O-]. The van der Waals surface area contributed by atoms with Crippen LogP contribution in [0.1, 0.15) is 0 Å². The number of nitro benzene ring substituents is 1. The third kappa shape index (κ3) is 1.89. The highest BCUT2D eigenvalue weighted by atomic mass is 79.9. The number of nitrogens with zero attached hydrogens (tertiary/aromatic N) is 1. The average Bonchev–Trinajstić information content (AvgIpc) is 2.01. The fraction of sp³-hybridized carbons (Fsp3) is 0.143. The Balaban J connectivity index is 3.38. The second-order valence-corrected chi connectivity index (χ2v) is 3.15. The van der Waals surface area contributed by atoms with Gasteiger partial charge in [0.2, 0.25) is 5.75 Å². The molecule has 0 amide bonds. The van der Waals surface area contributed by atoms with Crippen LogP contribution in [-0.2, 0) is 0 Å². The van der Waals surface area contributed by atoms with Gasteiger partial charge in [0.15, 0.2) is 5.75 Å². The van der Waals surface area contributed by atoms with E-state index in [9.17, 15) is 15.2 Å². The van der Waals surface area contributed by atoms with Crippen LogP contribution in [0.4, 0.5) is 5.69 Å². The van der Waals surface area contributed by atoms with Gasteiger partial charge >= 0.3 is 5.69 Å². The number of nitro groups is 1. The number of rotatable bonds is 2. The van der Waals surface area contributed by atoms with E-state index in [4.69, 9.17) is 4.74 Å². The van der Waals surface area contributed by atoms with Crippen molar-refractivity contribution in [1.82, 2.24) is 0 Å². The molecule has 1 rings (SSSR count). The molecule has 70 valence electrons. The smallest absolute Gasteiger partial charge is 0.352 e. The Morgan fingerprint density at radius 1 is 1.62 bits per heavy atom. The van der Waals surface area contributed by atoms with Crippen molar-refractivity contribution in [2.24, 2.45) is 0 Å². The molecule has 5 nitrogen and oxygen atoms in total. The van der Waals surface area contributed by atoms with E-state index < -0.39 is 16.4 Å². The number of aromatic hydroxyl groups is 1. The van der Waals surface area contributed by atoms with Crippen molar-refractivity contribution in [3.05, 3.63) is 26.7 Å². The Labute approximate surface area is 82.2 Å². The van der Waals surface area contributed by atoms with Crippen LogP contribution in [0.3, 0.4) is 0 Å². The van der Waals surface area contributed by atoms with E-state index >= 15 is 0 Å². The Bertz CT molecular complexity index is 353. The van der Waals surface area contributed by atoms with Gasteiger partial charge in [-0.05, 0) is 0 Å². The van der Waals surface area contributed by atoms with E-state index in [0.29, 0.717) is 4.47 Å². The van der Waals surface area contributed by atoms with Crippen LogP contribution in [0.5, 0.6) is 11.5 Å². The maximum absolute atomic E-state index is 10.5. The lowest BCUT2D eigenvalue weighted by Crippen LogP contribution is -1.94. The highest BCUT2D eigenvalue weighted by molar-refractivity contribution is 9.10. The molecule has 0 heterocycles. The Morgan fingerprint density at radius 2 is 2.23 bits per heavy atom. The van der Waals surface area contributed by atoms with Gasteiger partial charge in [-0.15, -0.1) is 0 Å². The molecule has 0 aliphatic rings. The standard InChI is InChI=1S/C7H6BrNO4/c1-13-6-3-4(8)2-5(10)7(6)9(11)12/h2-3,10H,1H3. The average molecular weight is 248 g/mol. The summed E-state index contributed by atoms with van der Waals surface area (Å²) in [6, 6.07) is 2.65. The fourth-order valence-electron chi connectivity index (χ4n) is 0.900. The summed E-state index contributed by atoms with van der Waals surface area (Å²) in [4.78, 5) is 9.77. The lowest BCUT2D eigenvalue weighted by Gasteiger charge is -2.03. The monoisotopic (exact) mass is 247 g/mol. The number of phenols is 1. The van der Waals surface area contributed by atoms with Crippen LogP contribution >= 0.6 is 15.9 Å². The zero-order valence-electron chi connectivity index (χ0n) is 6.65. The molecule has 0 unspecified atom stereocenters. The summed E-state index contributed by atoms with van der Waals surface area (Å²) in [5.41, 5.74) is -0.425. The summed E-state index contributed by atoms with van der Waals surface area (Å²) in [5, 5.41) is 19.7. The molecule has 0 saturated heterocycles. The molecule has 0 fully saturated rings. The van der Waals surface area contributed by atoms with E-state index in [-0.39, 0.29) is 5.75 Å². The van der Waals surface area contributed by atoms with Gasteiger partial charge in [-0.2, -0.15) is 0 Å². The van der Waals surface area contributed by atoms with Gasteiger partial charge in [0.25, 0.3) is 0 Å². The molecule has 0 spiro atoms. The fourth-order valence-corrected chi connectivity index (χ4v) is 1.32. The number of benzene rings is 1. The lowest BCUT2D eigenvalue weighted by molar-refractivity contribution is -0.386. The number of phenolic OH excluding ortho intramolecular Hbond substituents is 1. The molecule has 0 saturated carbocycles. The number of halogens is 1. The zero-order chi connectivity index (χ0) is 10.0. The van der Waals surface area contributed by atoms with Gasteiger partial charge in [0.05, 0.1) is 12.0 Å². The second kappa shape index (κ2) is 3.61. The number of methoxy groups -OCH3 is 1. The van der Waals surface area contributed by atoms with Crippen molar-refractivity contribution in [3.8, 4) is 11.5 Å². The molecule has 0 aliphatic heterocycles. The lowest BCUT2D eigenvalue weighted by atomic mass is 10.3. The third-order valence-corrected chi connectivity index (χ3v) is 1.88. The molecule has 1 N–H and O–H groups in total. The Kier molecular flexibility index (Phi) is 2.72. The molecule has 0 aromatic heterocycles. The van der Waals surface area contributed by atoms with Gasteiger partial charge < -0.3 is 9.84 Å². The molecule has 0 atom stereocenters. The van der Waals surface area contributed by atoms with Crippen molar-refractivity contribution >= 4 is 21.6 Å². The molecule has 0 radical (unpaired) electrons. The van der Waals surface area contributed by atoms with Gasteiger partial charge in [-0.1, -0.05) is 15.9 Å². The molecule has 0 aliphatic carbocycles. The summed E-state index contributed by atoms with van der Waals surface area (Å²) in [6.07, 6.45) is 0. The maximum atomic E-state index is 10.5. The molecule has 1 aromatic carbocycles. The van der Waals surface area contributed by atoms with Crippen molar-refractivity contribution < 1.29 is 14.8 Å². The Morgan fingerprint density at radius 3 is 2.69 bits per heavy atom. The Hall–Kier alpha value is -1.30. The summed E-state index contributed by atoms with van der Waals surface area (Å²) in [7, 11) is 1.30. The minimum absolute atomic E-state index is 0.0249. The summed E-state index contributed by atoms with van der Waals surface area (Å²) in [5.74, 6) is -0.395. The number of hydrogen-bond acceptors (Lipinski definition) is 4. The third-order valence-electron chi connectivity index (χ3n) is 1.42. The predicted octanol–water partition coefficient (Wildman–Crippen LogP) is 2.07. The molecule has 6 heteroatoms. The maximum Gasteiger partial charge on any atom is 0.352 e. The van der Waals surface area contributed by atoms with Crippen LogP contribution in [-0.4, -0.2) is 17.1 Å². The predicted molar refractivity (Wildman–Crippen MR) is 49.0 cm³/mol. The highest BCUT2D eigenvalue weighted by Crippen LogP contribution is 2.38. The normalized spacial score (nSPS) is 9.69. The van der Waals surface area contributed by atoms with E-state index in [2.05, 4.69) is 15.9 Å². The summed E-state index contributed by atoms with van der Waals surface area (Å²) >= 11 is 3.07. The second-order valence-electron chi connectivity index (χ2n) is 2.23. The van der Waals surface area contributed by atoms with Crippen LogP contribution in [0.25, 0.3) is 0 Å². The summed E-state index contributed by atoms with van der Waals surface area (Å²) in [6.45, 7) is 0. The molecule has 1 aromatic rings. The van der Waals surface area contributed by atoms with Crippen molar-refractivity contribution in [2.75, 3.05) is 7.11 Å². The van der Waals surface area contributed by atoms with E-state index in [1.807, 2.05) is 0 Å². The zero-order valence-corrected chi connectivity index (χ0v) is 8.24. The molecular formula is C7H6BrNO4. The van der Waals surface area contributed by atoms with Crippen LogP contribution in [0.2, 0.25) is 0 Å². The summed E-state index contributed by atoms with van der Waals surface area (Å²) < 4.78 is 5.26. The highest BCUT2D eigenvalue weighted by Gasteiger charge is 2.21. The molecule has 13 heavy (non-hydrogen) atoms. The first kappa shape index (κ1) is 9.79. The van der Waals surface area contributed by atoms with Crippen LogP contribution in [0, 0.1) is 10.1 Å². The van der Waals surface area contributed by atoms with Crippen molar-refractivity contribution in [1.29, 1.82) is 0 Å².